The van der Waals surface area contributed by atoms with E-state index < -0.39 is 17.8 Å². The molecule has 0 radical (unpaired) electrons. The number of fused-ring (bicyclic) bond motifs is 2. The number of halogens is 1. The first-order chi connectivity index (χ1) is 15.8. The fourth-order valence-electron chi connectivity index (χ4n) is 4.55. The summed E-state index contributed by atoms with van der Waals surface area (Å²) in [5.74, 6) is 0.511. The first kappa shape index (κ1) is 21.3. The van der Waals surface area contributed by atoms with Crippen LogP contribution in [0.25, 0.3) is 22.4 Å². The van der Waals surface area contributed by atoms with Crippen LogP contribution in [0.5, 0.6) is 17.6 Å². The summed E-state index contributed by atoms with van der Waals surface area (Å²) >= 11 is 0. The number of methoxy groups -OCH3 is 1. The van der Waals surface area contributed by atoms with E-state index in [2.05, 4.69) is 25.5 Å². The molecule has 0 saturated carbocycles. The molecule has 3 aromatic rings. The van der Waals surface area contributed by atoms with Crippen molar-refractivity contribution in [3.8, 4) is 40.0 Å². The summed E-state index contributed by atoms with van der Waals surface area (Å²) in [6.45, 7) is 3.82. The fraction of sp³-hybridized carbons (Fsp3) is 0.333. The first-order valence-electron chi connectivity index (χ1n) is 10.6. The van der Waals surface area contributed by atoms with Gasteiger partial charge in [-0.05, 0) is 43.2 Å². The summed E-state index contributed by atoms with van der Waals surface area (Å²) in [6, 6.07) is 8.82. The van der Waals surface area contributed by atoms with E-state index in [0.29, 0.717) is 23.6 Å². The molecule has 1 fully saturated rings. The highest BCUT2D eigenvalue weighted by Gasteiger charge is 2.53. The van der Waals surface area contributed by atoms with Gasteiger partial charge in [0.25, 0.3) is 0 Å². The summed E-state index contributed by atoms with van der Waals surface area (Å²) in [4.78, 5) is 8.30. The largest absolute Gasteiger partial charge is 0.507 e. The Hall–Kier alpha value is -3.59. The molecule has 1 aromatic carbocycles. The van der Waals surface area contributed by atoms with Crippen LogP contribution in [0.1, 0.15) is 20.3 Å². The third kappa shape index (κ3) is 3.89. The van der Waals surface area contributed by atoms with E-state index in [1.54, 1.807) is 31.5 Å². The van der Waals surface area contributed by atoms with E-state index >= 15 is 4.39 Å². The molecule has 2 N–H and O–H groups in total. The number of rotatable bonds is 5. The van der Waals surface area contributed by atoms with E-state index in [0.717, 1.165) is 11.1 Å². The van der Waals surface area contributed by atoms with Crippen LogP contribution in [0.15, 0.2) is 54.9 Å². The summed E-state index contributed by atoms with van der Waals surface area (Å²) in [5.41, 5.74) is 1.38. The van der Waals surface area contributed by atoms with Crippen molar-refractivity contribution in [1.82, 2.24) is 25.5 Å². The second-order valence-electron chi connectivity index (χ2n) is 8.87. The monoisotopic (exact) mass is 449 g/mol. The van der Waals surface area contributed by atoms with E-state index in [1.165, 1.54) is 6.20 Å². The van der Waals surface area contributed by atoms with Gasteiger partial charge in [-0.1, -0.05) is 23.3 Å². The minimum atomic E-state index is -1.25. The van der Waals surface area contributed by atoms with E-state index in [1.807, 2.05) is 38.1 Å². The molecule has 4 atom stereocenters. The van der Waals surface area contributed by atoms with Crippen LogP contribution in [0.2, 0.25) is 0 Å². The van der Waals surface area contributed by atoms with Gasteiger partial charge < -0.3 is 14.6 Å². The number of nitrogens with one attached hydrogen (secondary N) is 1. The molecule has 2 aliphatic heterocycles. The quantitative estimate of drug-likeness (QED) is 0.571. The Balaban J connectivity index is 1.33. The Kier molecular flexibility index (Phi) is 5.01. The standard InChI is InChI=1S/C24H24FN5O3/c1-23-7-8-24(2,30-23)21(25)19(12-23)33-22-27-13-17(28-29-22)16-5-4-14(10-18(16)31)15-6-9-26-20(11-15)32-3/h4-11,13,19,21,30-31H,12H2,1-3H3/t19-,21-,23-,24+/m1/s1. The highest BCUT2D eigenvalue weighted by molar-refractivity contribution is 5.74. The number of phenolic OH excluding ortho intramolecular Hbond substituents is 1. The minimum Gasteiger partial charge on any atom is -0.507 e. The lowest BCUT2D eigenvalue weighted by Gasteiger charge is -2.43. The average molecular weight is 449 g/mol. The number of piperidine rings is 1. The van der Waals surface area contributed by atoms with Gasteiger partial charge in [0.15, 0.2) is 6.17 Å². The maximum absolute atomic E-state index is 15.0. The second kappa shape index (κ2) is 7.77. The number of benzene rings is 1. The molecule has 170 valence electrons. The molecular formula is C24H24FN5O3. The van der Waals surface area contributed by atoms with Gasteiger partial charge in [0, 0.05) is 29.8 Å². The van der Waals surface area contributed by atoms with Crippen molar-refractivity contribution >= 4 is 0 Å². The smallest absolute Gasteiger partial charge is 0.336 e. The number of hydrogen-bond acceptors (Lipinski definition) is 8. The molecule has 1 saturated heterocycles. The molecule has 33 heavy (non-hydrogen) atoms. The van der Waals surface area contributed by atoms with Gasteiger partial charge >= 0.3 is 6.01 Å². The minimum absolute atomic E-state index is 0.000101. The number of hydrogen-bond donors (Lipinski definition) is 2. The van der Waals surface area contributed by atoms with Crippen molar-refractivity contribution in [3.63, 3.8) is 0 Å². The van der Waals surface area contributed by atoms with E-state index in [-0.39, 0.29) is 17.3 Å². The number of phenols is 1. The topological polar surface area (TPSA) is 102 Å². The molecule has 2 aromatic heterocycles. The van der Waals surface area contributed by atoms with E-state index in [9.17, 15) is 5.11 Å². The van der Waals surface area contributed by atoms with Crippen LogP contribution in [0.4, 0.5) is 4.39 Å². The van der Waals surface area contributed by atoms with Crippen molar-refractivity contribution in [2.45, 2.75) is 43.6 Å². The molecule has 0 unspecified atom stereocenters. The van der Waals surface area contributed by atoms with Gasteiger partial charge in [0.05, 0.1) is 18.8 Å². The number of nitrogens with zero attached hydrogens (tertiary/aromatic N) is 4. The Bertz CT molecular complexity index is 1220. The zero-order valence-corrected chi connectivity index (χ0v) is 18.5. The highest BCUT2D eigenvalue weighted by atomic mass is 19.1. The maximum atomic E-state index is 15.0. The third-order valence-electron chi connectivity index (χ3n) is 6.23. The zero-order chi connectivity index (χ0) is 23.2. The third-order valence-corrected chi connectivity index (χ3v) is 6.23. The molecule has 0 aliphatic carbocycles. The van der Waals surface area contributed by atoms with E-state index in [4.69, 9.17) is 9.47 Å². The first-order valence-corrected chi connectivity index (χ1v) is 10.6. The Morgan fingerprint density at radius 3 is 2.64 bits per heavy atom. The molecule has 5 rings (SSSR count). The van der Waals surface area contributed by atoms with Crippen molar-refractivity contribution in [2.75, 3.05) is 7.11 Å². The van der Waals surface area contributed by atoms with Gasteiger partial charge in [0.2, 0.25) is 5.88 Å². The molecule has 9 heteroatoms. The lowest BCUT2D eigenvalue weighted by atomic mass is 9.83. The zero-order valence-electron chi connectivity index (χ0n) is 18.5. The molecule has 0 spiro atoms. The van der Waals surface area contributed by atoms with Gasteiger partial charge in [0.1, 0.15) is 17.5 Å². The lowest BCUT2D eigenvalue weighted by molar-refractivity contribution is -0.00375. The molecule has 2 bridgehead atoms. The molecular weight excluding hydrogens is 425 g/mol. The average Bonchev–Trinajstić information content (AvgIpc) is 3.09. The maximum Gasteiger partial charge on any atom is 0.336 e. The number of ether oxygens (including phenoxy) is 2. The summed E-state index contributed by atoms with van der Waals surface area (Å²) in [7, 11) is 1.55. The Labute approximate surface area is 190 Å². The number of pyridine rings is 1. The summed E-state index contributed by atoms with van der Waals surface area (Å²) < 4.78 is 26.0. The number of aromatic hydroxyl groups is 1. The number of alkyl halides is 1. The normalized spacial score (nSPS) is 28.0. The van der Waals surface area contributed by atoms with Gasteiger partial charge in [-0.15, -0.1) is 5.10 Å². The van der Waals surface area contributed by atoms with Crippen molar-refractivity contribution in [3.05, 3.63) is 54.9 Å². The van der Waals surface area contributed by atoms with Crippen LogP contribution in [-0.4, -0.2) is 55.7 Å². The predicted octanol–water partition coefficient (Wildman–Crippen LogP) is 3.48. The van der Waals surface area contributed by atoms with Crippen LogP contribution < -0.4 is 14.8 Å². The highest BCUT2D eigenvalue weighted by Crippen LogP contribution is 2.40. The van der Waals surface area contributed by atoms with Crippen LogP contribution in [0.3, 0.4) is 0 Å². The van der Waals surface area contributed by atoms with Crippen LogP contribution in [-0.2, 0) is 0 Å². The molecule has 0 amide bonds. The second-order valence-corrected chi connectivity index (χ2v) is 8.87. The van der Waals surface area contributed by atoms with Crippen molar-refractivity contribution in [2.24, 2.45) is 0 Å². The van der Waals surface area contributed by atoms with Crippen molar-refractivity contribution in [1.29, 1.82) is 0 Å². The predicted molar refractivity (Wildman–Crippen MR) is 120 cm³/mol. The molecule has 4 heterocycles. The molecule has 8 nitrogen and oxygen atoms in total. The van der Waals surface area contributed by atoms with Gasteiger partial charge in [-0.3, -0.25) is 5.32 Å². The molecule has 2 aliphatic rings. The van der Waals surface area contributed by atoms with Gasteiger partial charge in [-0.25, -0.2) is 14.4 Å². The Morgan fingerprint density at radius 1 is 1.09 bits per heavy atom. The summed E-state index contributed by atoms with van der Waals surface area (Å²) in [5, 5.41) is 22.0. The fourth-order valence-corrected chi connectivity index (χ4v) is 4.55. The summed E-state index contributed by atoms with van der Waals surface area (Å²) in [6.07, 6.45) is 5.44. The van der Waals surface area contributed by atoms with Crippen LogP contribution in [0, 0.1) is 0 Å². The van der Waals surface area contributed by atoms with Crippen molar-refractivity contribution < 1.29 is 19.0 Å². The van der Waals surface area contributed by atoms with Crippen LogP contribution >= 0.6 is 0 Å². The Morgan fingerprint density at radius 2 is 1.91 bits per heavy atom. The lowest BCUT2D eigenvalue weighted by Crippen LogP contribution is -2.64. The SMILES string of the molecule is COc1cc(-c2ccc(-c3cnc(O[C@@H]4C[C@@]5(C)C=C[C@](C)(N5)[C@@H]4F)nn3)c(O)c2)ccn1. The number of aromatic nitrogens is 4. The van der Waals surface area contributed by atoms with Gasteiger partial charge in [-0.2, -0.15) is 0 Å².